The standard InChI is InChI=1S/C20H24N2O3/c23-16-10-13-22(14-11-16)12-9-15-5-7-17(8-6-15)24-20-21-18-3-1-2-4-19(18)25-20/h1-7,16-17,23H,8-14H2. The highest BCUT2D eigenvalue weighted by molar-refractivity contribution is 5.72. The van der Waals surface area contributed by atoms with E-state index in [4.69, 9.17) is 9.15 Å². The number of likely N-dealkylation sites (tertiary alicyclic amines) is 1. The number of aromatic nitrogens is 1. The Hall–Kier alpha value is -2.11. The Kier molecular flexibility index (Phi) is 4.85. The molecule has 5 heteroatoms. The smallest absolute Gasteiger partial charge is 0.395 e. The third-order valence-electron chi connectivity index (χ3n) is 4.94. The van der Waals surface area contributed by atoms with E-state index in [0.717, 1.165) is 56.4 Å². The van der Waals surface area contributed by atoms with Crippen molar-refractivity contribution in [3.63, 3.8) is 0 Å². The van der Waals surface area contributed by atoms with Crippen molar-refractivity contribution in [2.75, 3.05) is 19.6 Å². The molecule has 1 N–H and O–H groups in total. The molecule has 0 saturated carbocycles. The average Bonchev–Trinajstić information content (AvgIpc) is 3.05. The molecule has 0 spiro atoms. The fourth-order valence-corrected chi connectivity index (χ4v) is 3.38. The highest BCUT2D eigenvalue weighted by atomic mass is 16.6. The Morgan fingerprint density at radius 1 is 1.24 bits per heavy atom. The van der Waals surface area contributed by atoms with Crippen LogP contribution in [0.2, 0.25) is 0 Å². The number of benzene rings is 1. The maximum Gasteiger partial charge on any atom is 0.395 e. The molecule has 0 bridgehead atoms. The number of hydrogen-bond acceptors (Lipinski definition) is 5. The summed E-state index contributed by atoms with van der Waals surface area (Å²) in [6.07, 6.45) is 10.4. The molecule has 1 saturated heterocycles. The normalized spacial score (nSPS) is 22.3. The third-order valence-corrected chi connectivity index (χ3v) is 4.94. The summed E-state index contributed by atoms with van der Waals surface area (Å²) in [6, 6.07) is 7.67. The molecule has 2 heterocycles. The van der Waals surface area contributed by atoms with Crippen LogP contribution >= 0.6 is 0 Å². The number of allylic oxidation sites excluding steroid dienone is 1. The van der Waals surface area contributed by atoms with Gasteiger partial charge in [0.05, 0.1) is 6.10 Å². The zero-order valence-electron chi connectivity index (χ0n) is 14.3. The predicted octanol–water partition coefficient (Wildman–Crippen LogP) is 3.31. The zero-order valence-corrected chi connectivity index (χ0v) is 14.3. The van der Waals surface area contributed by atoms with E-state index in [2.05, 4.69) is 28.1 Å². The van der Waals surface area contributed by atoms with E-state index in [1.807, 2.05) is 24.3 Å². The lowest BCUT2D eigenvalue weighted by molar-refractivity contribution is 0.0832. The number of aliphatic hydroxyl groups excluding tert-OH is 1. The zero-order chi connectivity index (χ0) is 17.1. The monoisotopic (exact) mass is 340 g/mol. The minimum absolute atomic E-state index is 0.0260. The molecule has 1 fully saturated rings. The second kappa shape index (κ2) is 7.42. The minimum atomic E-state index is -0.102. The van der Waals surface area contributed by atoms with E-state index in [9.17, 15) is 5.11 Å². The summed E-state index contributed by atoms with van der Waals surface area (Å²) in [6.45, 7) is 3.06. The number of fused-ring (bicyclic) bond motifs is 1. The predicted molar refractivity (Wildman–Crippen MR) is 96.6 cm³/mol. The first-order chi connectivity index (χ1) is 12.3. The Bertz CT molecular complexity index is 739. The third kappa shape index (κ3) is 4.11. The van der Waals surface area contributed by atoms with Crippen molar-refractivity contribution >= 4 is 11.1 Å². The summed E-state index contributed by atoms with van der Waals surface area (Å²) >= 11 is 0. The van der Waals surface area contributed by atoms with Crippen molar-refractivity contribution in [1.29, 1.82) is 0 Å². The first-order valence-corrected chi connectivity index (χ1v) is 9.06. The van der Waals surface area contributed by atoms with Crippen molar-refractivity contribution in [3.05, 3.63) is 48.1 Å². The number of rotatable bonds is 5. The maximum atomic E-state index is 9.56. The Morgan fingerprint density at radius 2 is 2.08 bits per heavy atom. The summed E-state index contributed by atoms with van der Waals surface area (Å²) in [5.74, 6) is 0. The van der Waals surface area contributed by atoms with Crippen LogP contribution in [0.5, 0.6) is 6.08 Å². The van der Waals surface area contributed by atoms with Gasteiger partial charge in [-0.25, -0.2) is 0 Å². The summed E-state index contributed by atoms with van der Waals surface area (Å²) in [5.41, 5.74) is 2.92. The number of aliphatic hydroxyl groups is 1. The first kappa shape index (κ1) is 16.4. The Labute approximate surface area is 147 Å². The van der Waals surface area contributed by atoms with Gasteiger partial charge in [0.2, 0.25) is 0 Å². The van der Waals surface area contributed by atoms with Crippen molar-refractivity contribution in [1.82, 2.24) is 9.88 Å². The molecule has 1 unspecified atom stereocenters. The van der Waals surface area contributed by atoms with Crippen LogP contribution in [0.15, 0.2) is 52.5 Å². The largest absolute Gasteiger partial charge is 0.442 e. The van der Waals surface area contributed by atoms with E-state index in [-0.39, 0.29) is 12.2 Å². The molecule has 1 aromatic heterocycles. The number of ether oxygens (including phenoxy) is 1. The van der Waals surface area contributed by atoms with E-state index in [0.29, 0.717) is 6.08 Å². The van der Waals surface area contributed by atoms with Crippen LogP contribution < -0.4 is 4.74 Å². The number of hydrogen-bond donors (Lipinski definition) is 1. The number of para-hydroxylation sites is 2. The van der Waals surface area contributed by atoms with Gasteiger partial charge in [-0.1, -0.05) is 29.9 Å². The van der Waals surface area contributed by atoms with Gasteiger partial charge in [-0.05, 0) is 37.5 Å². The fourth-order valence-electron chi connectivity index (χ4n) is 3.38. The SMILES string of the molecule is OC1CCN(CCC2=CCC(Oc3nc4ccccc4o3)C=C2)CC1. The number of nitrogens with zero attached hydrogens (tertiary/aromatic N) is 2. The molecule has 4 rings (SSSR count). The molecular weight excluding hydrogens is 316 g/mol. The molecule has 1 aliphatic heterocycles. The van der Waals surface area contributed by atoms with E-state index < -0.39 is 0 Å². The lowest BCUT2D eigenvalue weighted by Crippen LogP contribution is -2.36. The van der Waals surface area contributed by atoms with Crippen molar-refractivity contribution in [2.24, 2.45) is 0 Å². The Morgan fingerprint density at radius 3 is 2.84 bits per heavy atom. The summed E-state index contributed by atoms with van der Waals surface area (Å²) < 4.78 is 11.5. The molecular formula is C20H24N2O3. The lowest BCUT2D eigenvalue weighted by atomic mass is 10.0. The second-order valence-corrected chi connectivity index (χ2v) is 6.80. The highest BCUT2D eigenvalue weighted by Crippen LogP contribution is 2.24. The van der Waals surface area contributed by atoms with Gasteiger partial charge >= 0.3 is 6.08 Å². The molecule has 1 aromatic carbocycles. The van der Waals surface area contributed by atoms with E-state index in [1.165, 1.54) is 5.57 Å². The first-order valence-electron chi connectivity index (χ1n) is 9.06. The topological polar surface area (TPSA) is 58.7 Å². The number of oxazole rings is 1. The quantitative estimate of drug-likeness (QED) is 0.905. The van der Waals surface area contributed by atoms with Crippen molar-refractivity contribution in [2.45, 2.75) is 37.9 Å². The van der Waals surface area contributed by atoms with E-state index >= 15 is 0 Å². The molecule has 132 valence electrons. The van der Waals surface area contributed by atoms with Gasteiger partial charge in [-0.3, -0.25) is 0 Å². The van der Waals surface area contributed by atoms with Crippen LogP contribution in [0.1, 0.15) is 25.7 Å². The van der Waals surface area contributed by atoms with Crippen LogP contribution in [-0.2, 0) is 0 Å². The van der Waals surface area contributed by atoms with Gasteiger partial charge in [-0.2, -0.15) is 4.98 Å². The average molecular weight is 340 g/mol. The molecule has 2 aromatic rings. The maximum absolute atomic E-state index is 9.56. The van der Waals surface area contributed by atoms with Gasteiger partial charge in [0.1, 0.15) is 11.6 Å². The van der Waals surface area contributed by atoms with Crippen LogP contribution in [-0.4, -0.2) is 46.8 Å². The molecule has 1 aliphatic carbocycles. The summed E-state index contributed by atoms with van der Waals surface area (Å²) in [5, 5.41) is 9.56. The fraction of sp³-hybridized carbons (Fsp3) is 0.450. The molecule has 5 nitrogen and oxygen atoms in total. The summed E-state index contributed by atoms with van der Waals surface area (Å²) in [4.78, 5) is 6.79. The van der Waals surface area contributed by atoms with Crippen LogP contribution in [0.4, 0.5) is 0 Å². The van der Waals surface area contributed by atoms with Gasteiger partial charge < -0.3 is 19.2 Å². The van der Waals surface area contributed by atoms with Crippen molar-refractivity contribution in [3.8, 4) is 6.08 Å². The van der Waals surface area contributed by atoms with Crippen LogP contribution in [0.25, 0.3) is 11.1 Å². The Balaban J connectivity index is 1.26. The van der Waals surface area contributed by atoms with E-state index in [1.54, 1.807) is 0 Å². The van der Waals surface area contributed by atoms with Gasteiger partial charge in [0.25, 0.3) is 0 Å². The van der Waals surface area contributed by atoms with Crippen LogP contribution in [0, 0.1) is 0 Å². The number of piperidine rings is 1. The lowest BCUT2D eigenvalue weighted by Gasteiger charge is -2.29. The van der Waals surface area contributed by atoms with Gasteiger partial charge in [0.15, 0.2) is 5.58 Å². The minimum Gasteiger partial charge on any atom is -0.442 e. The molecule has 0 amide bonds. The second-order valence-electron chi connectivity index (χ2n) is 6.80. The molecule has 25 heavy (non-hydrogen) atoms. The highest BCUT2D eigenvalue weighted by Gasteiger charge is 2.18. The van der Waals surface area contributed by atoms with Gasteiger partial charge in [-0.15, -0.1) is 0 Å². The van der Waals surface area contributed by atoms with Crippen molar-refractivity contribution < 1.29 is 14.3 Å². The van der Waals surface area contributed by atoms with Gasteiger partial charge in [0, 0.05) is 26.1 Å². The molecule has 1 atom stereocenters. The van der Waals surface area contributed by atoms with Crippen LogP contribution in [0.3, 0.4) is 0 Å². The summed E-state index contributed by atoms with van der Waals surface area (Å²) in [7, 11) is 0. The molecule has 2 aliphatic rings. The molecule has 0 radical (unpaired) electrons.